The maximum atomic E-state index is 12.7. The van der Waals surface area contributed by atoms with Gasteiger partial charge in [-0.3, -0.25) is 9.52 Å². The maximum absolute atomic E-state index is 12.7. The molecular formula is C23H22N6O4S. The molecule has 2 N–H and O–H groups in total. The number of carbonyl (C=O) groups excluding carboxylic acids is 1. The van der Waals surface area contributed by atoms with E-state index in [0.717, 1.165) is 11.4 Å². The van der Waals surface area contributed by atoms with Crippen LogP contribution in [0.3, 0.4) is 0 Å². The lowest BCUT2D eigenvalue weighted by Gasteiger charge is -2.10. The first kappa shape index (κ1) is 22.9. The molecule has 10 nitrogen and oxygen atoms in total. The Kier molecular flexibility index (Phi) is 6.28. The molecule has 0 fully saturated rings. The summed E-state index contributed by atoms with van der Waals surface area (Å²) in [5.74, 6) is 1.14. The molecule has 0 aliphatic heterocycles. The summed E-state index contributed by atoms with van der Waals surface area (Å²) in [5.41, 5.74) is 2.69. The van der Waals surface area contributed by atoms with Gasteiger partial charge in [0.05, 0.1) is 10.6 Å². The maximum Gasteiger partial charge on any atom is 0.261 e. The van der Waals surface area contributed by atoms with E-state index in [9.17, 15) is 13.2 Å². The van der Waals surface area contributed by atoms with Crippen molar-refractivity contribution >= 4 is 27.3 Å². The first-order valence-corrected chi connectivity index (χ1v) is 11.7. The van der Waals surface area contributed by atoms with Crippen molar-refractivity contribution in [2.45, 2.75) is 25.7 Å². The first-order chi connectivity index (χ1) is 16.2. The van der Waals surface area contributed by atoms with Crippen molar-refractivity contribution in [3.8, 4) is 17.4 Å². The number of aryl methyl sites for hydroxylation is 2. The Labute approximate surface area is 196 Å². The molecular weight excluding hydrogens is 456 g/mol. The fraction of sp³-hybridized carbons (Fsp3) is 0.130. The van der Waals surface area contributed by atoms with Gasteiger partial charge in [-0.15, -0.1) is 0 Å². The minimum atomic E-state index is -3.80. The summed E-state index contributed by atoms with van der Waals surface area (Å²) in [6.45, 7) is 5.21. The first-order valence-electron chi connectivity index (χ1n) is 10.2. The van der Waals surface area contributed by atoms with Crippen molar-refractivity contribution in [3.05, 3.63) is 78.4 Å². The second kappa shape index (κ2) is 9.32. The number of amides is 1. The largest absolute Gasteiger partial charge is 0.439 e. The van der Waals surface area contributed by atoms with Crippen LogP contribution in [-0.4, -0.2) is 34.1 Å². The van der Waals surface area contributed by atoms with Crippen LogP contribution in [0.15, 0.2) is 71.9 Å². The standard InChI is InChI=1S/C23H22N6O4S/c1-15-12-16(2)29(27-15)22-13-23(25-14-24-22)33-20-8-4-19(5-9-20)28-34(31,32)21-10-6-18(7-11-21)26-17(3)30/h4-14,28H,1-3H3,(H,26,30). The van der Waals surface area contributed by atoms with Crippen LogP contribution in [0.4, 0.5) is 11.4 Å². The third-order valence-electron chi connectivity index (χ3n) is 4.67. The van der Waals surface area contributed by atoms with Gasteiger partial charge in [0.2, 0.25) is 11.8 Å². The number of hydrogen-bond donors (Lipinski definition) is 2. The van der Waals surface area contributed by atoms with Gasteiger partial charge in [0.25, 0.3) is 10.0 Å². The summed E-state index contributed by atoms with van der Waals surface area (Å²) in [6.07, 6.45) is 1.39. The molecule has 34 heavy (non-hydrogen) atoms. The monoisotopic (exact) mass is 478 g/mol. The minimum absolute atomic E-state index is 0.0691. The molecule has 0 aliphatic rings. The Morgan fingerprint density at radius 1 is 0.941 bits per heavy atom. The SMILES string of the molecule is CC(=O)Nc1ccc(S(=O)(=O)Nc2ccc(Oc3cc(-n4nc(C)cc4C)ncn3)cc2)cc1. The molecule has 0 radical (unpaired) electrons. The third kappa shape index (κ3) is 5.38. The van der Waals surface area contributed by atoms with E-state index in [-0.39, 0.29) is 10.8 Å². The quantitative estimate of drug-likeness (QED) is 0.413. The number of carbonyl (C=O) groups is 1. The zero-order valence-electron chi connectivity index (χ0n) is 18.7. The predicted octanol–water partition coefficient (Wildman–Crippen LogP) is 3.83. The highest BCUT2D eigenvalue weighted by Gasteiger charge is 2.14. The number of sulfonamides is 1. The van der Waals surface area contributed by atoms with Crippen LogP contribution in [0, 0.1) is 13.8 Å². The molecule has 2 heterocycles. The number of hydrogen-bond acceptors (Lipinski definition) is 7. The predicted molar refractivity (Wildman–Crippen MR) is 127 cm³/mol. The number of nitrogens with zero attached hydrogens (tertiary/aromatic N) is 4. The summed E-state index contributed by atoms with van der Waals surface area (Å²) >= 11 is 0. The van der Waals surface area contributed by atoms with Crippen LogP contribution in [0.5, 0.6) is 11.6 Å². The van der Waals surface area contributed by atoms with Crippen LogP contribution >= 0.6 is 0 Å². The summed E-state index contributed by atoms with van der Waals surface area (Å²) in [5, 5.41) is 7.00. The number of ether oxygens (including phenoxy) is 1. The van der Waals surface area contributed by atoms with Crippen molar-refractivity contribution in [2.24, 2.45) is 0 Å². The highest BCUT2D eigenvalue weighted by atomic mass is 32.2. The second-order valence-electron chi connectivity index (χ2n) is 7.49. The van der Waals surface area contributed by atoms with Crippen molar-refractivity contribution in [3.63, 3.8) is 0 Å². The lowest BCUT2D eigenvalue weighted by atomic mass is 10.3. The molecule has 0 unspecified atom stereocenters. The molecule has 0 spiro atoms. The average Bonchev–Trinajstić information content (AvgIpc) is 3.13. The zero-order chi connectivity index (χ0) is 24.3. The zero-order valence-corrected chi connectivity index (χ0v) is 19.5. The number of anilines is 2. The topological polar surface area (TPSA) is 128 Å². The fourth-order valence-corrected chi connectivity index (χ4v) is 4.27. The molecule has 0 bridgehead atoms. The van der Waals surface area contributed by atoms with Crippen molar-refractivity contribution in [1.29, 1.82) is 0 Å². The van der Waals surface area contributed by atoms with Gasteiger partial charge in [0.15, 0.2) is 5.82 Å². The van der Waals surface area contributed by atoms with Gasteiger partial charge in [-0.25, -0.2) is 23.1 Å². The number of nitrogens with one attached hydrogen (secondary N) is 2. The Balaban J connectivity index is 1.45. The normalized spacial score (nSPS) is 11.1. The fourth-order valence-electron chi connectivity index (χ4n) is 3.21. The highest BCUT2D eigenvalue weighted by molar-refractivity contribution is 7.92. The van der Waals surface area contributed by atoms with E-state index in [4.69, 9.17) is 4.74 Å². The van der Waals surface area contributed by atoms with Gasteiger partial charge >= 0.3 is 0 Å². The molecule has 4 aromatic rings. The van der Waals surface area contributed by atoms with Gasteiger partial charge in [0.1, 0.15) is 12.1 Å². The third-order valence-corrected chi connectivity index (χ3v) is 6.07. The molecule has 174 valence electrons. The van der Waals surface area contributed by atoms with E-state index in [2.05, 4.69) is 25.1 Å². The van der Waals surface area contributed by atoms with Crippen LogP contribution < -0.4 is 14.8 Å². The van der Waals surface area contributed by atoms with E-state index < -0.39 is 10.0 Å². The van der Waals surface area contributed by atoms with E-state index in [0.29, 0.717) is 28.8 Å². The van der Waals surface area contributed by atoms with Crippen LogP contribution in [0.25, 0.3) is 5.82 Å². The highest BCUT2D eigenvalue weighted by Crippen LogP contribution is 2.24. The van der Waals surface area contributed by atoms with Gasteiger partial charge in [-0.05, 0) is 68.4 Å². The average molecular weight is 479 g/mol. The van der Waals surface area contributed by atoms with E-state index in [1.165, 1.54) is 37.5 Å². The van der Waals surface area contributed by atoms with Gasteiger partial charge in [-0.2, -0.15) is 5.10 Å². The molecule has 2 aromatic heterocycles. The smallest absolute Gasteiger partial charge is 0.261 e. The lowest BCUT2D eigenvalue weighted by molar-refractivity contribution is -0.114. The van der Waals surface area contributed by atoms with Gasteiger partial charge in [-0.1, -0.05) is 0 Å². The summed E-state index contributed by atoms with van der Waals surface area (Å²) < 4.78 is 35.3. The summed E-state index contributed by atoms with van der Waals surface area (Å²) in [6, 6.07) is 15.9. The van der Waals surface area contributed by atoms with Crippen molar-refractivity contribution in [1.82, 2.24) is 19.7 Å². The lowest BCUT2D eigenvalue weighted by Crippen LogP contribution is -2.13. The van der Waals surface area contributed by atoms with E-state index in [1.807, 2.05) is 19.9 Å². The van der Waals surface area contributed by atoms with Gasteiger partial charge < -0.3 is 10.1 Å². The second-order valence-corrected chi connectivity index (χ2v) is 9.17. The number of aromatic nitrogens is 4. The molecule has 0 atom stereocenters. The van der Waals surface area contributed by atoms with E-state index >= 15 is 0 Å². The molecule has 0 saturated heterocycles. The number of rotatable bonds is 7. The molecule has 11 heteroatoms. The van der Waals surface area contributed by atoms with Crippen LogP contribution in [0.1, 0.15) is 18.3 Å². The minimum Gasteiger partial charge on any atom is -0.439 e. The summed E-state index contributed by atoms with van der Waals surface area (Å²) in [4.78, 5) is 19.6. The van der Waals surface area contributed by atoms with Crippen molar-refractivity contribution in [2.75, 3.05) is 10.0 Å². The Morgan fingerprint density at radius 3 is 2.24 bits per heavy atom. The summed E-state index contributed by atoms with van der Waals surface area (Å²) in [7, 11) is -3.80. The molecule has 2 aromatic carbocycles. The molecule has 4 rings (SSSR count). The van der Waals surface area contributed by atoms with Crippen LogP contribution in [0.2, 0.25) is 0 Å². The molecule has 0 aliphatic carbocycles. The Morgan fingerprint density at radius 2 is 1.62 bits per heavy atom. The number of benzene rings is 2. The molecule has 1 amide bonds. The van der Waals surface area contributed by atoms with Gasteiger partial charge in [0, 0.05) is 30.1 Å². The van der Waals surface area contributed by atoms with E-state index in [1.54, 1.807) is 35.0 Å². The Bertz CT molecular complexity index is 1430. The molecule has 0 saturated carbocycles. The van der Waals surface area contributed by atoms with Crippen molar-refractivity contribution < 1.29 is 17.9 Å². The van der Waals surface area contributed by atoms with Crippen LogP contribution in [-0.2, 0) is 14.8 Å². The Hall–Kier alpha value is -4.25.